The highest BCUT2D eigenvalue weighted by Gasteiger charge is 2.43. The van der Waals surface area contributed by atoms with E-state index in [4.69, 9.17) is 5.73 Å². The average Bonchev–Trinajstić information content (AvgIpc) is 2.23. The van der Waals surface area contributed by atoms with Crippen LogP contribution in [0.4, 0.5) is 26.3 Å². The van der Waals surface area contributed by atoms with Crippen LogP contribution in [0.25, 0.3) is 0 Å². The quantitative estimate of drug-likeness (QED) is 0.802. The molecule has 0 saturated heterocycles. The largest absolute Gasteiger partial charge is 0.573 e. The van der Waals surface area contributed by atoms with E-state index in [0.29, 0.717) is 0 Å². The van der Waals surface area contributed by atoms with E-state index in [1.807, 2.05) is 0 Å². The van der Waals surface area contributed by atoms with Crippen LogP contribution >= 0.6 is 0 Å². The predicted octanol–water partition coefficient (Wildman–Crippen LogP) is 1.11. The Morgan fingerprint density at radius 3 is 2.05 bits per heavy atom. The molecule has 0 bridgehead atoms. The molecule has 0 aromatic carbocycles. The van der Waals surface area contributed by atoms with Gasteiger partial charge in [0.25, 0.3) is 0 Å². The minimum Gasteiger partial charge on any atom is -0.403 e. The number of primary sulfonamides is 1. The number of alkyl halides is 6. The SMILES string of the molecule is NCc1ncc(OC(F)(F)F)c(S(N)(=O)=O)c1C(F)(F)F. The zero-order chi connectivity index (χ0) is 16.6. The first-order chi connectivity index (χ1) is 9.27. The van der Waals surface area contributed by atoms with Gasteiger partial charge in [-0.25, -0.2) is 13.6 Å². The van der Waals surface area contributed by atoms with E-state index < -0.39 is 51.0 Å². The number of sulfonamides is 1. The van der Waals surface area contributed by atoms with Crippen molar-refractivity contribution < 1.29 is 39.5 Å². The Hall–Kier alpha value is -1.60. The second-order valence-electron chi connectivity index (χ2n) is 3.57. The highest BCUT2D eigenvalue weighted by atomic mass is 32.2. The Balaban J connectivity index is 3.78. The predicted molar refractivity (Wildman–Crippen MR) is 55.2 cm³/mol. The number of rotatable bonds is 3. The van der Waals surface area contributed by atoms with Crippen molar-refractivity contribution >= 4 is 10.0 Å². The molecule has 4 N–H and O–H groups in total. The van der Waals surface area contributed by atoms with Crippen molar-refractivity contribution in [1.29, 1.82) is 0 Å². The molecule has 1 aromatic rings. The number of ether oxygens (including phenoxy) is 1. The van der Waals surface area contributed by atoms with Gasteiger partial charge in [0.2, 0.25) is 10.0 Å². The lowest BCUT2D eigenvalue weighted by Gasteiger charge is -2.18. The number of hydrogen-bond acceptors (Lipinski definition) is 5. The number of aromatic nitrogens is 1. The molecule has 0 atom stereocenters. The van der Waals surface area contributed by atoms with Crippen molar-refractivity contribution in [3.8, 4) is 5.75 Å². The van der Waals surface area contributed by atoms with Gasteiger partial charge in [-0.1, -0.05) is 0 Å². The molecular formula is C8H7F6N3O3S. The van der Waals surface area contributed by atoms with Crippen LogP contribution in [0.1, 0.15) is 11.3 Å². The van der Waals surface area contributed by atoms with Crippen molar-refractivity contribution in [2.45, 2.75) is 24.0 Å². The van der Waals surface area contributed by atoms with Crippen LogP contribution in [-0.2, 0) is 22.7 Å². The highest BCUT2D eigenvalue weighted by molar-refractivity contribution is 7.89. The van der Waals surface area contributed by atoms with Crippen molar-refractivity contribution in [3.05, 3.63) is 17.5 Å². The molecule has 0 aliphatic rings. The van der Waals surface area contributed by atoms with Crippen molar-refractivity contribution in [1.82, 2.24) is 4.98 Å². The second kappa shape index (κ2) is 5.31. The van der Waals surface area contributed by atoms with E-state index in [9.17, 15) is 34.8 Å². The monoisotopic (exact) mass is 339 g/mol. The summed E-state index contributed by atoms with van der Waals surface area (Å²) >= 11 is 0. The molecule has 1 aromatic heterocycles. The summed E-state index contributed by atoms with van der Waals surface area (Å²) < 4.78 is 101. The van der Waals surface area contributed by atoms with Crippen molar-refractivity contribution in [3.63, 3.8) is 0 Å². The summed E-state index contributed by atoms with van der Waals surface area (Å²) in [6, 6.07) is 0. The van der Waals surface area contributed by atoms with Gasteiger partial charge in [0.1, 0.15) is 10.5 Å². The average molecular weight is 339 g/mol. The van der Waals surface area contributed by atoms with E-state index >= 15 is 0 Å². The molecule has 0 aliphatic carbocycles. The van der Waals surface area contributed by atoms with Crippen LogP contribution in [0.3, 0.4) is 0 Å². The Labute approximate surface area is 113 Å². The van der Waals surface area contributed by atoms with Gasteiger partial charge in [0.15, 0.2) is 5.75 Å². The fourth-order valence-corrected chi connectivity index (χ4v) is 2.33. The van der Waals surface area contributed by atoms with Crippen LogP contribution < -0.4 is 15.6 Å². The van der Waals surface area contributed by atoms with Crippen LogP contribution in [0.15, 0.2) is 11.1 Å². The minimum absolute atomic E-state index is 0.157. The van der Waals surface area contributed by atoms with Crippen LogP contribution in [0, 0.1) is 0 Å². The van der Waals surface area contributed by atoms with Gasteiger partial charge in [0.05, 0.1) is 11.9 Å². The maximum absolute atomic E-state index is 12.9. The first-order valence-corrected chi connectivity index (χ1v) is 6.39. The minimum atomic E-state index is -5.44. The Morgan fingerprint density at radius 1 is 1.19 bits per heavy atom. The number of nitrogens with two attached hydrogens (primary N) is 2. The summed E-state index contributed by atoms with van der Waals surface area (Å²) in [6.07, 6.45) is -10.6. The molecular weight excluding hydrogens is 332 g/mol. The second-order valence-corrected chi connectivity index (χ2v) is 5.07. The molecule has 0 radical (unpaired) electrons. The lowest BCUT2D eigenvalue weighted by molar-refractivity contribution is -0.276. The van der Waals surface area contributed by atoms with Crippen molar-refractivity contribution in [2.75, 3.05) is 0 Å². The van der Waals surface area contributed by atoms with Gasteiger partial charge < -0.3 is 10.5 Å². The molecule has 0 amide bonds. The molecule has 0 aliphatic heterocycles. The topological polar surface area (TPSA) is 108 Å². The lowest BCUT2D eigenvalue weighted by Crippen LogP contribution is -2.26. The Kier molecular flexibility index (Phi) is 4.41. The summed E-state index contributed by atoms with van der Waals surface area (Å²) in [5, 5.41) is 4.55. The Morgan fingerprint density at radius 2 is 1.71 bits per heavy atom. The zero-order valence-corrected chi connectivity index (χ0v) is 10.6. The van der Waals surface area contributed by atoms with Gasteiger partial charge in [-0.3, -0.25) is 4.98 Å². The van der Waals surface area contributed by atoms with Gasteiger partial charge >= 0.3 is 12.5 Å². The number of hydrogen-bond donors (Lipinski definition) is 2. The summed E-state index contributed by atoms with van der Waals surface area (Å²) in [4.78, 5) is 1.16. The van der Waals surface area contributed by atoms with Gasteiger partial charge in [-0.15, -0.1) is 13.2 Å². The van der Waals surface area contributed by atoms with Crippen LogP contribution in [-0.4, -0.2) is 19.8 Å². The van der Waals surface area contributed by atoms with Crippen LogP contribution in [0.5, 0.6) is 5.75 Å². The number of pyridine rings is 1. The maximum Gasteiger partial charge on any atom is 0.573 e. The van der Waals surface area contributed by atoms with Crippen molar-refractivity contribution in [2.24, 2.45) is 10.9 Å². The summed E-state index contributed by atoms with van der Waals surface area (Å²) in [5.74, 6) is -1.69. The fraction of sp³-hybridized carbons (Fsp3) is 0.375. The normalized spacial score (nSPS) is 13.3. The molecule has 0 unspecified atom stereocenters. The number of nitrogens with zero attached hydrogens (tertiary/aromatic N) is 1. The van der Waals surface area contributed by atoms with Gasteiger partial charge in [-0.05, 0) is 0 Å². The van der Waals surface area contributed by atoms with E-state index in [0.717, 1.165) is 0 Å². The maximum atomic E-state index is 12.9. The summed E-state index contributed by atoms with van der Waals surface area (Å²) in [6.45, 7) is -0.871. The molecule has 1 heterocycles. The molecule has 6 nitrogen and oxygen atoms in total. The van der Waals surface area contributed by atoms with Gasteiger partial charge in [0, 0.05) is 6.54 Å². The van der Waals surface area contributed by atoms with E-state index in [-0.39, 0.29) is 6.20 Å². The summed E-state index contributed by atoms with van der Waals surface area (Å²) in [5.41, 5.74) is 2.00. The fourth-order valence-electron chi connectivity index (χ4n) is 1.44. The third-order valence-corrected chi connectivity index (χ3v) is 3.04. The lowest BCUT2D eigenvalue weighted by atomic mass is 10.1. The third kappa shape index (κ3) is 4.18. The molecule has 0 spiro atoms. The molecule has 13 heteroatoms. The number of halogens is 6. The van der Waals surface area contributed by atoms with Crippen LogP contribution in [0.2, 0.25) is 0 Å². The molecule has 1 rings (SSSR count). The Bertz CT molecular complexity index is 640. The first-order valence-electron chi connectivity index (χ1n) is 4.85. The van der Waals surface area contributed by atoms with E-state index in [1.54, 1.807) is 0 Å². The van der Waals surface area contributed by atoms with Gasteiger partial charge in [-0.2, -0.15) is 13.2 Å². The van der Waals surface area contributed by atoms with E-state index in [2.05, 4.69) is 14.9 Å². The standard InChI is InChI=1S/C8H7F6N3O3S/c9-7(10,11)5-3(1-15)17-2-4(20-8(12,13)14)6(5)21(16,18)19/h2H,1,15H2,(H2,16,18,19). The molecule has 0 saturated carbocycles. The third-order valence-electron chi connectivity index (χ3n) is 2.06. The first kappa shape index (κ1) is 17.5. The molecule has 0 fully saturated rings. The molecule has 120 valence electrons. The smallest absolute Gasteiger partial charge is 0.403 e. The zero-order valence-electron chi connectivity index (χ0n) is 9.79. The summed E-state index contributed by atoms with van der Waals surface area (Å²) in [7, 11) is -5.19. The highest BCUT2D eigenvalue weighted by Crippen LogP contribution is 2.41. The molecule has 21 heavy (non-hydrogen) atoms. The van der Waals surface area contributed by atoms with E-state index in [1.165, 1.54) is 0 Å².